The number of rotatable bonds is 12. The van der Waals surface area contributed by atoms with Crippen LogP contribution in [0, 0.1) is 0 Å². The molecule has 3 rings (SSSR count). The number of aryl methyl sites for hydroxylation is 1. The molecule has 1 atom stereocenters. The molecule has 1 aliphatic rings. The first-order chi connectivity index (χ1) is 17.0. The first kappa shape index (κ1) is 26.4. The Labute approximate surface area is 208 Å². The highest BCUT2D eigenvalue weighted by Gasteiger charge is 2.30. The maximum absolute atomic E-state index is 13.6. The predicted octanol–water partition coefficient (Wildman–Crippen LogP) is 4.51. The smallest absolute Gasteiger partial charge is 0.243 e. The Morgan fingerprint density at radius 1 is 0.971 bits per heavy atom. The van der Waals surface area contributed by atoms with E-state index in [1.807, 2.05) is 49.4 Å². The molecule has 0 unspecified atom stereocenters. The summed E-state index contributed by atoms with van der Waals surface area (Å²) in [4.78, 5) is 28.5. The second-order valence-corrected chi connectivity index (χ2v) is 8.98. The Hall–Kier alpha value is -3.22. The zero-order chi connectivity index (χ0) is 25.2. The molecule has 1 aliphatic carbocycles. The lowest BCUT2D eigenvalue weighted by molar-refractivity contribution is -0.141. The first-order valence-corrected chi connectivity index (χ1v) is 12.4. The van der Waals surface area contributed by atoms with E-state index in [0.29, 0.717) is 30.9 Å². The van der Waals surface area contributed by atoms with E-state index < -0.39 is 6.04 Å². The quantitative estimate of drug-likeness (QED) is 0.482. The van der Waals surface area contributed by atoms with E-state index in [2.05, 4.69) is 5.32 Å². The summed E-state index contributed by atoms with van der Waals surface area (Å²) >= 11 is 0. The number of nitrogens with one attached hydrogen (secondary N) is 1. The zero-order valence-corrected chi connectivity index (χ0v) is 21.3. The van der Waals surface area contributed by atoms with Crippen molar-refractivity contribution in [3.8, 4) is 17.2 Å². The third-order valence-electron chi connectivity index (χ3n) is 6.65. The van der Waals surface area contributed by atoms with Gasteiger partial charge in [0.25, 0.3) is 0 Å². The van der Waals surface area contributed by atoms with Crippen molar-refractivity contribution in [2.24, 2.45) is 0 Å². The van der Waals surface area contributed by atoms with Gasteiger partial charge < -0.3 is 24.4 Å². The number of benzene rings is 2. The van der Waals surface area contributed by atoms with Crippen LogP contribution in [-0.4, -0.2) is 50.1 Å². The van der Waals surface area contributed by atoms with Crippen LogP contribution >= 0.6 is 0 Å². The second-order valence-electron chi connectivity index (χ2n) is 8.98. The maximum atomic E-state index is 13.6. The Morgan fingerprint density at radius 2 is 1.71 bits per heavy atom. The van der Waals surface area contributed by atoms with E-state index in [9.17, 15) is 9.59 Å². The minimum Gasteiger partial charge on any atom is -0.497 e. The van der Waals surface area contributed by atoms with Crippen LogP contribution in [0.4, 0.5) is 0 Å². The van der Waals surface area contributed by atoms with Crippen LogP contribution in [0.3, 0.4) is 0 Å². The summed E-state index contributed by atoms with van der Waals surface area (Å²) in [5.74, 6) is 1.88. The second kappa shape index (κ2) is 13.0. The molecule has 35 heavy (non-hydrogen) atoms. The summed E-state index contributed by atoms with van der Waals surface area (Å²) in [6.45, 7) is 2.30. The molecule has 2 amide bonds. The third-order valence-corrected chi connectivity index (χ3v) is 6.65. The summed E-state index contributed by atoms with van der Waals surface area (Å²) in [5.41, 5.74) is 1.90. The van der Waals surface area contributed by atoms with Gasteiger partial charge in [0.1, 0.15) is 11.8 Å². The summed E-state index contributed by atoms with van der Waals surface area (Å²) in [5, 5.41) is 3.19. The fourth-order valence-electron chi connectivity index (χ4n) is 4.69. The van der Waals surface area contributed by atoms with Gasteiger partial charge in [-0.1, -0.05) is 38.0 Å². The van der Waals surface area contributed by atoms with Crippen molar-refractivity contribution < 1.29 is 23.8 Å². The summed E-state index contributed by atoms with van der Waals surface area (Å²) in [6, 6.07) is 13.0. The van der Waals surface area contributed by atoms with Crippen molar-refractivity contribution >= 4 is 11.8 Å². The van der Waals surface area contributed by atoms with E-state index in [1.54, 1.807) is 26.2 Å². The van der Waals surface area contributed by atoms with E-state index in [4.69, 9.17) is 14.2 Å². The molecule has 1 N–H and O–H groups in total. The summed E-state index contributed by atoms with van der Waals surface area (Å²) < 4.78 is 16.1. The van der Waals surface area contributed by atoms with Gasteiger partial charge in [-0.3, -0.25) is 9.59 Å². The number of ether oxygens (including phenoxy) is 3. The number of amides is 2. The van der Waals surface area contributed by atoms with Gasteiger partial charge >= 0.3 is 0 Å². The summed E-state index contributed by atoms with van der Waals surface area (Å²) in [7, 11) is 4.81. The van der Waals surface area contributed by atoms with E-state index in [0.717, 1.165) is 42.6 Å². The normalized spacial score (nSPS) is 14.3. The van der Waals surface area contributed by atoms with Gasteiger partial charge in [-0.25, -0.2) is 0 Å². The average Bonchev–Trinajstić information content (AvgIpc) is 3.40. The number of nitrogens with zero attached hydrogens (tertiary/aromatic N) is 1. The topological polar surface area (TPSA) is 77.1 Å². The van der Waals surface area contributed by atoms with Crippen LogP contribution < -0.4 is 19.5 Å². The van der Waals surface area contributed by atoms with Crippen molar-refractivity contribution in [3.63, 3.8) is 0 Å². The van der Waals surface area contributed by atoms with Gasteiger partial charge in [-0.2, -0.15) is 0 Å². The predicted molar refractivity (Wildman–Crippen MR) is 136 cm³/mol. The molecule has 0 radical (unpaired) electrons. The number of hydrogen-bond donors (Lipinski definition) is 1. The molecule has 190 valence electrons. The lowest BCUT2D eigenvalue weighted by atomic mass is 10.0. The molecule has 0 saturated heterocycles. The van der Waals surface area contributed by atoms with Crippen LogP contribution in [-0.2, 0) is 22.6 Å². The number of hydrogen-bond acceptors (Lipinski definition) is 5. The molecule has 0 heterocycles. The highest BCUT2D eigenvalue weighted by molar-refractivity contribution is 5.88. The fraction of sp³-hybridized carbons (Fsp3) is 0.500. The van der Waals surface area contributed by atoms with Crippen LogP contribution in [0.5, 0.6) is 17.2 Å². The van der Waals surface area contributed by atoms with Crippen molar-refractivity contribution in [1.29, 1.82) is 0 Å². The molecule has 2 aromatic rings. The molecule has 0 spiro atoms. The lowest BCUT2D eigenvalue weighted by Gasteiger charge is -2.31. The maximum Gasteiger partial charge on any atom is 0.243 e. The Bertz CT molecular complexity index is 987. The molecule has 0 aromatic heterocycles. The van der Waals surface area contributed by atoms with Gasteiger partial charge in [0, 0.05) is 19.0 Å². The molecule has 7 heteroatoms. The Kier molecular flexibility index (Phi) is 9.82. The average molecular weight is 483 g/mol. The Balaban J connectivity index is 1.78. The standard InChI is InChI=1S/C28H38N2O5/c1-5-24(28(32)29-22-10-6-7-11-22)30(19-21-9-8-12-23(17-21)33-2)27(31)16-14-20-13-15-25(34-3)26(18-20)35-4/h8-9,12-13,15,17-18,22,24H,5-7,10-11,14,16,19H2,1-4H3,(H,29,32)/t24-/m1/s1. The number of carbonyl (C=O) groups excluding carboxylic acids is 2. The van der Waals surface area contributed by atoms with Crippen LogP contribution in [0.15, 0.2) is 42.5 Å². The Morgan fingerprint density at radius 3 is 2.37 bits per heavy atom. The zero-order valence-electron chi connectivity index (χ0n) is 21.3. The first-order valence-electron chi connectivity index (χ1n) is 12.4. The van der Waals surface area contributed by atoms with Crippen molar-refractivity contribution in [2.45, 2.75) is 70.5 Å². The molecular formula is C28H38N2O5. The molecule has 1 fully saturated rings. The monoisotopic (exact) mass is 482 g/mol. The largest absolute Gasteiger partial charge is 0.497 e. The lowest BCUT2D eigenvalue weighted by Crippen LogP contribution is -2.51. The van der Waals surface area contributed by atoms with Gasteiger partial charge in [0.15, 0.2) is 11.5 Å². The van der Waals surface area contributed by atoms with Gasteiger partial charge in [0.05, 0.1) is 21.3 Å². The highest BCUT2D eigenvalue weighted by atomic mass is 16.5. The van der Waals surface area contributed by atoms with E-state index >= 15 is 0 Å². The molecule has 0 bridgehead atoms. The van der Waals surface area contributed by atoms with Gasteiger partial charge in [-0.05, 0) is 61.1 Å². The van der Waals surface area contributed by atoms with Crippen LogP contribution in [0.25, 0.3) is 0 Å². The van der Waals surface area contributed by atoms with Crippen molar-refractivity contribution in [2.75, 3.05) is 21.3 Å². The van der Waals surface area contributed by atoms with Crippen LogP contribution in [0.2, 0.25) is 0 Å². The van der Waals surface area contributed by atoms with Gasteiger partial charge in [0.2, 0.25) is 11.8 Å². The van der Waals surface area contributed by atoms with Crippen LogP contribution in [0.1, 0.15) is 56.6 Å². The van der Waals surface area contributed by atoms with Crippen molar-refractivity contribution in [1.82, 2.24) is 10.2 Å². The van der Waals surface area contributed by atoms with E-state index in [-0.39, 0.29) is 24.3 Å². The van der Waals surface area contributed by atoms with Gasteiger partial charge in [-0.15, -0.1) is 0 Å². The number of carbonyl (C=O) groups is 2. The molecule has 1 saturated carbocycles. The molecule has 2 aromatic carbocycles. The highest BCUT2D eigenvalue weighted by Crippen LogP contribution is 2.28. The number of methoxy groups -OCH3 is 3. The minimum atomic E-state index is -0.528. The SMILES string of the molecule is CC[C@H](C(=O)NC1CCCC1)N(Cc1cccc(OC)c1)C(=O)CCc1ccc(OC)c(OC)c1. The molecule has 0 aliphatic heterocycles. The molecule has 7 nitrogen and oxygen atoms in total. The fourth-order valence-corrected chi connectivity index (χ4v) is 4.69. The molecular weight excluding hydrogens is 444 g/mol. The third kappa shape index (κ3) is 7.13. The summed E-state index contributed by atoms with van der Waals surface area (Å²) in [6.07, 6.45) is 5.65. The van der Waals surface area contributed by atoms with Crippen molar-refractivity contribution in [3.05, 3.63) is 53.6 Å². The minimum absolute atomic E-state index is 0.0592. The van der Waals surface area contributed by atoms with E-state index in [1.165, 1.54) is 0 Å².